The zero-order valence-corrected chi connectivity index (χ0v) is 12.3. The number of hydrogen-bond donors (Lipinski definition) is 1. The highest BCUT2D eigenvalue weighted by Gasteiger charge is 2.12. The van der Waals surface area contributed by atoms with Crippen molar-refractivity contribution in [2.75, 3.05) is 6.61 Å². The average Bonchev–Trinajstić information content (AvgIpc) is 3.01. The lowest BCUT2D eigenvalue weighted by Gasteiger charge is -2.10. The number of ketones is 1. The number of fused-ring (bicyclic) bond motifs is 1. The molecule has 0 radical (unpaired) electrons. The van der Waals surface area contributed by atoms with E-state index in [1.807, 2.05) is 13.0 Å². The molecule has 3 rings (SSSR count). The van der Waals surface area contributed by atoms with Gasteiger partial charge in [0, 0.05) is 23.2 Å². The molecule has 0 amide bonds. The second kappa shape index (κ2) is 5.52. The van der Waals surface area contributed by atoms with E-state index in [0.717, 1.165) is 10.9 Å². The number of Topliss-reactive ketones (excluding diaryl/α,β-unsaturated/α-hetero) is 1. The minimum absolute atomic E-state index is 0.0804. The van der Waals surface area contributed by atoms with Gasteiger partial charge < -0.3 is 14.1 Å². The third-order valence-electron chi connectivity index (χ3n) is 3.58. The van der Waals surface area contributed by atoms with Gasteiger partial charge in [-0.25, -0.2) is 4.79 Å². The number of benzene rings is 1. The Morgan fingerprint density at radius 2 is 2.09 bits per heavy atom. The molecule has 1 N–H and O–H groups in total. The molecule has 0 aliphatic heterocycles. The monoisotopic (exact) mass is 297 g/mol. The van der Waals surface area contributed by atoms with Crippen molar-refractivity contribution >= 4 is 16.8 Å². The van der Waals surface area contributed by atoms with Crippen molar-refractivity contribution in [1.29, 1.82) is 0 Å². The van der Waals surface area contributed by atoms with Crippen molar-refractivity contribution < 1.29 is 13.9 Å². The Hall–Kier alpha value is -2.82. The SMILES string of the molecule is Cc1cc(=O)oc2c(C)c(OCC(=O)c3ccc[nH]3)ccc12. The molecule has 0 fully saturated rings. The fourth-order valence-electron chi connectivity index (χ4n) is 2.38. The van der Waals surface area contributed by atoms with Crippen LogP contribution >= 0.6 is 0 Å². The van der Waals surface area contributed by atoms with Gasteiger partial charge in [-0.05, 0) is 43.7 Å². The molecule has 0 aliphatic rings. The first kappa shape index (κ1) is 14.1. The highest BCUT2D eigenvalue weighted by Crippen LogP contribution is 2.28. The van der Waals surface area contributed by atoms with Crippen LogP contribution in [0.1, 0.15) is 21.6 Å². The Morgan fingerprint density at radius 1 is 1.27 bits per heavy atom. The molecule has 22 heavy (non-hydrogen) atoms. The van der Waals surface area contributed by atoms with Crippen LogP contribution in [0, 0.1) is 13.8 Å². The second-order valence-electron chi connectivity index (χ2n) is 5.11. The quantitative estimate of drug-likeness (QED) is 0.593. The van der Waals surface area contributed by atoms with E-state index in [2.05, 4.69) is 4.98 Å². The van der Waals surface area contributed by atoms with Gasteiger partial charge in [0.25, 0.3) is 0 Å². The predicted molar refractivity (Wildman–Crippen MR) is 82.6 cm³/mol. The fraction of sp³-hybridized carbons (Fsp3) is 0.176. The fourth-order valence-corrected chi connectivity index (χ4v) is 2.38. The Bertz CT molecular complexity index is 891. The Balaban J connectivity index is 1.90. The summed E-state index contributed by atoms with van der Waals surface area (Å²) in [6.07, 6.45) is 1.69. The first-order valence-electron chi connectivity index (χ1n) is 6.89. The van der Waals surface area contributed by atoms with Gasteiger partial charge in [-0.15, -0.1) is 0 Å². The number of H-pyrrole nitrogens is 1. The Kier molecular flexibility index (Phi) is 3.55. The van der Waals surface area contributed by atoms with Crippen LogP contribution in [0.2, 0.25) is 0 Å². The summed E-state index contributed by atoms with van der Waals surface area (Å²) in [5.41, 5.74) is 2.16. The Labute approximate surface area is 126 Å². The number of ether oxygens (including phenoxy) is 1. The van der Waals surface area contributed by atoms with E-state index >= 15 is 0 Å². The van der Waals surface area contributed by atoms with Gasteiger partial charge in [-0.3, -0.25) is 4.79 Å². The lowest BCUT2D eigenvalue weighted by atomic mass is 10.1. The Morgan fingerprint density at radius 3 is 2.82 bits per heavy atom. The van der Waals surface area contributed by atoms with Gasteiger partial charge in [-0.1, -0.05) is 0 Å². The standard InChI is InChI=1S/C17H15NO4/c1-10-8-16(20)22-17-11(2)15(6-5-12(10)17)21-9-14(19)13-4-3-7-18-13/h3-8,18H,9H2,1-2H3. The predicted octanol–water partition coefficient (Wildman–Crippen LogP) is 3.00. The molecular weight excluding hydrogens is 282 g/mol. The topological polar surface area (TPSA) is 72.3 Å². The first-order chi connectivity index (χ1) is 10.6. The van der Waals surface area contributed by atoms with Crippen molar-refractivity contribution in [2.45, 2.75) is 13.8 Å². The van der Waals surface area contributed by atoms with Gasteiger partial charge in [0.2, 0.25) is 5.78 Å². The van der Waals surface area contributed by atoms with E-state index in [9.17, 15) is 9.59 Å². The number of aryl methyl sites for hydroxylation is 2. The van der Waals surface area contributed by atoms with Gasteiger partial charge in [0.15, 0.2) is 6.61 Å². The minimum atomic E-state index is -0.396. The maximum absolute atomic E-state index is 11.9. The maximum Gasteiger partial charge on any atom is 0.336 e. The lowest BCUT2D eigenvalue weighted by molar-refractivity contribution is 0.0916. The van der Waals surface area contributed by atoms with Crippen LogP contribution in [0.15, 0.2) is 45.7 Å². The number of carbonyl (C=O) groups excluding carboxylic acids is 1. The van der Waals surface area contributed by atoms with Crippen molar-refractivity contribution in [2.24, 2.45) is 0 Å². The van der Waals surface area contributed by atoms with Crippen LogP contribution in [0.4, 0.5) is 0 Å². The molecule has 5 heteroatoms. The van der Waals surface area contributed by atoms with Crippen LogP contribution in [-0.2, 0) is 0 Å². The number of aromatic amines is 1. The molecule has 0 saturated carbocycles. The summed E-state index contributed by atoms with van der Waals surface area (Å²) >= 11 is 0. The van der Waals surface area contributed by atoms with Gasteiger partial charge >= 0.3 is 5.63 Å². The van der Waals surface area contributed by atoms with Gasteiger partial charge in [0.05, 0.1) is 5.69 Å². The molecule has 3 aromatic rings. The molecule has 0 bridgehead atoms. The molecular formula is C17H15NO4. The van der Waals surface area contributed by atoms with E-state index in [1.54, 1.807) is 31.3 Å². The zero-order chi connectivity index (χ0) is 15.7. The molecule has 0 saturated heterocycles. The summed E-state index contributed by atoms with van der Waals surface area (Å²) < 4.78 is 10.8. The van der Waals surface area contributed by atoms with E-state index in [0.29, 0.717) is 22.6 Å². The summed E-state index contributed by atoms with van der Waals surface area (Å²) in [7, 11) is 0. The normalized spacial score (nSPS) is 10.8. The number of carbonyl (C=O) groups is 1. The summed E-state index contributed by atoms with van der Waals surface area (Å²) in [6, 6.07) is 8.52. The van der Waals surface area contributed by atoms with Crippen molar-refractivity contribution in [3.05, 3.63) is 63.8 Å². The lowest BCUT2D eigenvalue weighted by Crippen LogP contribution is -2.12. The third-order valence-corrected chi connectivity index (χ3v) is 3.58. The molecule has 0 atom stereocenters. The summed E-state index contributed by atoms with van der Waals surface area (Å²) in [5, 5.41) is 0.861. The number of nitrogens with one attached hydrogen (secondary N) is 1. The molecule has 5 nitrogen and oxygen atoms in total. The van der Waals surface area contributed by atoms with Crippen LogP contribution in [0.3, 0.4) is 0 Å². The average molecular weight is 297 g/mol. The molecule has 2 heterocycles. The molecule has 2 aromatic heterocycles. The van der Waals surface area contributed by atoms with E-state index < -0.39 is 5.63 Å². The maximum atomic E-state index is 11.9. The minimum Gasteiger partial charge on any atom is -0.485 e. The smallest absolute Gasteiger partial charge is 0.336 e. The molecule has 1 aromatic carbocycles. The number of aromatic nitrogens is 1. The first-order valence-corrected chi connectivity index (χ1v) is 6.89. The number of rotatable bonds is 4. The second-order valence-corrected chi connectivity index (χ2v) is 5.11. The highest BCUT2D eigenvalue weighted by atomic mass is 16.5. The van der Waals surface area contributed by atoms with E-state index in [4.69, 9.17) is 9.15 Å². The molecule has 0 unspecified atom stereocenters. The van der Waals surface area contributed by atoms with E-state index in [-0.39, 0.29) is 12.4 Å². The van der Waals surface area contributed by atoms with Crippen molar-refractivity contribution in [1.82, 2.24) is 4.98 Å². The molecule has 112 valence electrons. The molecule has 0 aliphatic carbocycles. The summed E-state index contributed by atoms with van der Waals surface area (Å²) in [6.45, 7) is 3.58. The van der Waals surface area contributed by atoms with Crippen LogP contribution in [0.25, 0.3) is 11.0 Å². The number of hydrogen-bond acceptors (Lipinski definition) is 4. The largest absolute Gasteiger partial charge is 0.485 e. The van der Waals surface area contributed by atoms with Crippen LogP contribution in [-0.4, -0.2) is 17.4 Å². The molecule has 0 spiro atoms. The highest BCUT2D eigenvalue weighted by molar-refractivity contribution is 5.95. The summed E-state index contributed by atoms with van der Waals surface area (Å²) in [4.78, 5) is 26.3. The van der Waals surface area contributed by atoms with Gasteiger partial charge in [-0.2, -0.15) is 0 Å². The zero-order valence-electron chi connectivity index (χ0n) is 12.3. The summed E-state index contributed by atoms with van der Waals surface area (Å²) in [5.74, 6) is 0.386. The van der Waals surface area contributed by atoms with Gasteiger partial charge in [0.1, 0.15) is 11.3 Å². The van der Waals surface area contributed by atoms with E-state index in [1.165, 1.54) is 6.07 Å². The van der Waals surface area contributed by atoms with Crippen LogP contribution < -0.4 is 10.4 Å². The van der Waals surface area contributed by atoms with Crippen molar-refractivity contribution in [3.8, 4) is 5.75 Å². The van der Waals surface area contributed by atoms with Crippen LogP contribution in [0.5, 0.6) is 5.75 Å². The third kappa shape index (κ3) is 2.53. The van der Waals surface area contributed by atoms with Crippen molar-refractivity contribution in [3.63, 3.8) is 0 Å².